The van der Waals surface area contributed by atoms with E-state index in [0.29, 0.717) is 114 Å². The SMILES string of the molecule is CC(C)C.CC(C)C.CC(C)C.CC(C)Nc1nc(-c2cc(=O)c3ccc(OCCN4CCOCC4)c(Cl)c3[nH]2)cs1.CC(C)Nc1nc(-c2cc(=O)c3ccc(OCCN4CCOCC4)cc3[nH]2)cs1.Cc1ccc2c(=O)cc(-c3nc(NC(C)C)sc3Cl)[nH]c2c1.[C-]#[N+]CCc1ccc2c(OC(C)C)cc(-c3csc(NC(C)C)n3)nc2c1Cl. The van der Waals surface area contributed by atoms with Crippen molar-refractivity contribution in [2.24, 2.45) is 17.8 Å². The van der Waals surface area contributed by atoms with Gasteiger partial charge in [0.15, 0.2) is 36.8 Å². The van der Waals surface area contributed by atoms with Gasteiger partial charge in [-0.2, -0.15) is 0 Å². The minimum atomic E-state index is -0.105. The summed E-state index contributed by atoms with van der Waals surface area (Å²) in [5.41, 5.74) is 10.2. The molecular weight excluding hydrogens is 1670 g/mol. The molecular formula is C91H120Cl3N15O8S4. The van der Waals surface area contributed by atoms with Crippen molar-refractivity contribution >= 4 is 144 Å². The van der Waals surface area contributed by atoms with Crippen LogP contribution < -0.4 is 51.8 Å². The number of benzene rings is 4. The monoisotopic (exact) mass is 1780 g/mol. The third-order valence-electron chi connectivity index (χ3n) is 16.9. The van der Waals surface area contributed by atoms with Crippen LogP contribution in [0.3, 0.4) is 0 Å². The summed E-state index contributed by atoms with van der Waals surface area (Å²) in [6.07, 6.45) is 0.622. The van der Waals surface area contributed by atoms with Crippen molar-refractivity contribution in [1.29, 1.82) is 0 Å². The molecule has 0 spiro atoms. The average Bonchev–Trinajstić information content (AvgIpc) is 1.66. The molecule has 0 radical (unpaired) electrons. The fraction of sp³-hybridized carbons (Fsp3) is 0.462. The molecule has 0 aliphatic carbocycles. The highest BCUT2D eigenvalue weighted by molar-refractivity contribution is 7.20. The lowest BCUT2D eigenvalue weighted by molar-refractivity contribution is 0.0322. The largest absolute Gasteiger partial charge is 0.492 e. The maximum absolute atomic E-state index is 12.7. The lowest BCUT2D eigenvalue weighted by Gasteiger charge is -2.26. The van der Waals surface area contributed by atoms with Gasteiger partial charge < -0.3 is 64.7 Å². The van der Waals surface area contributed by atoms with Crippen LogP contribution in [0.5, 0.6) is 17.2 Å². The molecule has 7 N–H and O–H groups in total. The summed E-state index contributed by atoms with van der Waals surface area (Å²) >= 11 is 25.5. The predicted octanol–water partition coefficient (Wildman–Crippen LogP) is 22.5. The number of anilines is 4. The van der Waals surface area contributed by atoms with E-state index in [1.54, 1.807) is 41.7 Å². The van der Waals surface area contributed by atoms with Crippen LogP contribution in [0.1, 0.15) is 143 Å². The highest BCUT2D eigenvalue weighted by atomic mass is 35.5. The van der Waals surface area contributed by atoms with Crippen molar-refractivity contribution in [2.45, 2.75) is 175 Å². The molecule has 0 atom stereocenters. The third kappa shape index (κ3) is 31.2. The maximum Gasteiger partial charge on any atom is 0.218 e. The normalized spacial score (nSPS) is 12.9. The van der Waals surface area contributed by atoms with E-state index in [9.17, 15) is 14.4 Å². The first-order valence-electron chi connectivity index (χ1n) is 41.4. The first-order chi connectivity index (χ1) is 57.6. The van der Waals surface area contributed by atoms with Crippen LogP contribution >= 0.6 is 80.1 Å². The van der Waals surface area contributed by atoms with E-state index in [-0.39, 0.29) is 34.5 Å². The average molecular weight is 1790 g/mol. The predicted molar refractivity (Wildman–Crippen MR) is 513 cm³/mol. The zero-order valence-electron chi connectivity index (χ0n) is 73.4. The Morgan fingerprint density at radius 1 is 0.488 bits per heavy atom. The van der Waals surface area contributed by atoms with E-state index < -0.39 is 0 Å². The lowest BCUT2D eigenvalue weighted by Crippen LogP contribution is -2.38. The molecule has 2 aliphatic heterocycles. The van der Waals surface area contributed by atoms with Gasteiger partial charge in [0, 0.05) is 138 Å². The quantitative estimate of drug-likeness (QED) is 0.0277. The number of thiazole rings is 4. The number of fused-ring (bicyclic) bond motifs is 4. The van der Waals surface area contributed by atoms with Gasteiger partial charge in [-0.3, -0.25) is 24.2 Å². The molecule has 652 valence electrons. The topological polar surface area (TPSA) is 268 Å². The number of morpholine rings is 2. The number of pyridine rings is 4. The second kappa shape index (κ2) is 48.3. The Labute approximate surface area is 743 Å². The van der Waals surface area contributed by atoms with Gasteiger partial charge in [-0.25, -0.2) is 31.5 Å². The highest BCUT2D eigenvalue weighted by Crippen LogP contribution is 2.39. The second-order valence-corrected chi connectivity index (χ2v) is 37.6. The number of H-pyrrole nitrogens is 3. The van der Waals surface area contributed by atoms with E-state index in [1.807, 2.05) is 105 Å². The Bertz CT molecular complexity index is 5480. The Hall–Kier alpha value is -8.76. The van der Waals surface area contributed by atoms with Crippen molar-refractivity contribution in [1.82, 2.24) is 49.7 Å². The first kappa shape index (κ1) is 97.7. The summed E-state index contributed by atoms with van der Waals surface area (Å²) in [6, 6.07) is 26.5. The molecule has 0 unspecified atom stereocenters. The number of nitrogens with zero attached hydrogens (tertiary/aromatic N) is 8. The standard InChI is InChI=1S/C21H25ClN4O3S.C21H23ClN4OS.C21H26N4O3S.C16H16ClN3OS.3C4H10/c1-13(2)23-21-25-16(12-30-21)15-11-17(27)14-3-4-18(19(22)20(14)24-15)29-10-7-26-5-8-28-9-6-26;1-12(2)24-21-26-17(11-28-21)16-10-18(27-13(3)4)15-7-6-14(8-9-23-5)19(22)20(15)25-16;1-14(2)22-21-24-19(13-29-21)18-12-20(26)16-4-3-15(11-17(16)23-18)28-10-7-25-5-8-27-9-6-25;1-8(2)18-16-20-14(15(17)22-16)12-7-13(21)10-5-4-9(3)6-11(10)19-12;3*1-4(2)3/h3-4,11-13H,5-10H2,1-2H3,(H,23,25)(H,24,27);6-7,10-13H,8-9H2,1-4H3,(H,24,26);3-4,11-14H,5-10H2,1-2H3,(H,22,24)(H,23,26);4-8H,1-3H3,(H,18,20)(H,19,21);3*4H,1-3H3. The summed E-state index contributed by atoms with van der Waals surface area (Å²) in [7, 11) is 0. The summed E-state index contributed by atoms with van der Waals surface area (Å²) in [5, 5.41) is 25.9. The van der Waals surface area contributed by atoms with E-state index >= 15 is 0 Å². The van der Waals surface area contributed by atoms with Crippen LogP contribution in [0.4, 0.5) is 20.5 Å². The number of aryl methyl sites for hydroxylation is 1. The van der Waals surface area contributed by atoms with Gasteiger partial charge >= 0.3 is 0 Å². The van der Waals surface area contributed by atoms with Crippen LogP contribution in [-0.4, -0.2) is 165 Å². The van der Waals surface area contributed by atoms with Crippen LogP contribution in [-0.2, 0) is 15.9 Å². The molecule has 10 heterocycles. The van der Waals surface area contributed by atoms with Crippen LogP contribution in [0.25, 0.3) is 94.0 Å². The van der Waals surface area contributed by atoms with Gasteiger partial charge in [-0.15, -0.1) is 34.0 Å². The van der Waals surface area contributed by atoms with Crippen molar-refractivity contribution < 1.29 is 23.7 Å². The number of ether oxygens (including phenoxy) is 5. The Balaban J connectivity index is 0.000000192. The van der Waals surface area contributed by atoms with Gasteiger partial charge in [-0.05, 0) is 148 Å². The lowest BCUT2D eigenvalue weighted by atomic mass is 10.1. The molecule has 2 saturated heterocycles. The van der Waals surface area contributed by atoms with Crippen molar-refractivity contribution in [2.75, 3.05) is 107 Å². The molecule has 30 heteroatoms. The zero-order valence-corrected chi connectivity index (χ0v) is 79.0. The Morgan fingerprint density at radius 3 is 1.47 bits per heavy atom. The molecule has 0 bridgehead atoms. The van der Waals surface area contributed by atoms with Gasteiger partial charge in [0.05, 0.1) is 93.8 Å². The van der Waals surface area contributed by atoms with E-state index in [0.717, 1.165) is 160 Å². The minimum absolute atomic E-state index is 0.0209. The molecule has 23 nitrogen and oxygen atoms in total. The molecule has 0 saturated carbocycles. The van der Waals surface area contributed by atoms with Crippen molar-refractivity contribution in [3.63, 3.8) is 0 Å². The number of hydrogen-bond donors (Lipinski definition) is 7. The molecule has 2 aliphatic rings. The molecule has 121 heavy (non-hydrogen) atoms. The summed E-state index contributed by atoms with van der Waals surface area (Å²) < 4.78 is 29.2. The van der Waals surface area contributed by atoms with Gasteiger partial charge in [0.1, 0.15) is 51.2 Å². The van der Waals surface area contributed by atoms with Gasteiger partial charge in [-0.1, -0.05) is 121 Å². The number of halogens is 3. The summed E-state index contributed by atoms with van der Waals surface area (Å²) in [4.78, 5) is 78.6. The van der Waals surface area contributed by atoms with Gasteiger partial charge in [0.25, 0.3) is 0 Å². The molecule has 14 rings (SSSR count). The van der Waals surface area contributed by atoms with E-state index in [4.69, 9.17) is 70.0 Å². The van der Waals surface area contributed by atoms with Crippen molar-refractivity contribution in [3.8, 4) is 62.8 Å². The van der Waals surface area contributed by atoms with E-state index in [2.05, 4.69) is 175 Å². The molecule has 12 aromatic rings. The number of aromatic amines is 3. The van der Waals surface area contributed by atoms with Crippen molar-refractivity contribution in [3.05, 3.63) is 169 Å². The highest BCUT2D eigenvalue weighted by Gasteiger charge is 2.22. The third-order valence-corrected chi connectivity index (χ3v) is 21.2. The minimum Gasteiger partial charge on any atom is -0.492 e. The summed E-state index contributed by atoms with van der Waals surface area (Å²) in [6.45, 7) is 59.0. The molecule has 4 aromatic carbocycles. The number of nitrogens with one attached hydrogen (secondary N) is 7. The maximum atomic E-state index is 12.7. The Kier molecular flexibility index (Phi) is 39.0. The smallest absolute Gasteiger partial charge is 0.218 e. The van der Waals surface area contributed by atoms with Crippen LogP contribution in [0.2, 0.25) is 14.4 Å². The zero-order chi connectivity index (χ0) is 88.1. The molecule has 2 fully saturated rings. The molecule has 8 aromatic heterocycles. The Morgan fingerprint density at radius 2 is 0.942 bits per heavy atom. The second-order valence-electron chi connectivity index (χ2n) is 32.7. The van der Waals surface area contributed by atoms with Gasteiger partial charge in [0.2, 0.25) is 6.54 Å². The number of aromatic nitrogens is 8. The number of hydrogen-bond acceptors (Lipinski definition) is 23. The summed E-state index contributed by atoms with van der Waals surface area (Å²) in [5.74, 6) is 4.55. The fourth-order valence-electron chi connectivity index (χ4n) is 11.7. The van der Waals surface area contributed by atoms with Crippen LogP contribution in [0, 0.1) is 31.2 Å². The number of rotatable bonds is 24. The first-order valence-corrected chi connectivity index (χ1v) is 46.0. The fourth-order valence-corrected chi connectivity index (χ4v) is 16.1. The van der Waals surface area contributed by atoms with E-state index in [1.165, 1.54) is 34.0 Å². The van der Waals surface area contributed by atoms with Crippen LogP contribution in [0.15, 0.2) is 115 Å². The molecule has 0 amide bonds.